The van der Waals surface area contributed by atoms with E-state index in [9.17, 15) is 43.5 Å². The zero-order valence-electron chi connectivity index (χ0n) is 51.8. The lowest BCUT2D eigenvalue weighted by Gasteiger charge is -2.40. The summed E-state index contributed by atoms with van der Waals surface area (Å²) < 4.78 is 5.50. The number of carbonyl (C=O) groups excluding carboxylic acids is 7. The van der Waals surface area contributed by atoms with Crippen LogP contribution in [0.5, 0.6) is 0 Å². The van der Waals surface area contributed by atoms with Gasteiger partial charge in [-0.2, -0.15) is 0 Å². The molecule has 0 saturated heterocycles. The standard InChI is InChI=1S/C66H88N10O10/c1-41(2)53(36-43(5)62(82)83)75(12)39-54(65(6,7)8)73-61(81)58(68-11)66(9,10)49-29-23-44(24-30-49)37-70-64(85)86-40-45-25-31-50(32-26-45)71-59(79)51(21-17-35-69-63(67)84)72-60(80)57(42(3)4)74-55(77)33-34-56(78)76-38-48-20-14-13-18-46(48)27-28-47-19-15-16-22-52(47)76/h13-16,18-20,22-26,29-32,36,41-42,51,53-54,57-58,68H,17,21,33-35,37-40H2,1-12H3,(H,70,85)(H,71,79)(H,72,80)(H,73,81)(H,74,77)(H,82,83)(H3,67,69,84)/b43-36+/t51-,53+,54+,57-,58?/m0/s1. The summed E-state index contributed by atoms with van der Waals surface area (Å²) in [5.41, 5.74) is 10.2. The van der Waals surface area contributed by atoms with Gasteiger partial charge in [0.1, 0.15) is 18.7 Å². The highest BCUT2D eigenvalue weighted by Crippen LogP contribution is 2.30. The van der Waals surface area contributed by atoms with Crippen molar-refractivity contribution in [3.05, 3.63) is 142 Å². The largest absolute Gasteiger partial charge is 0.478 e. The SMILES string of the molecule is CNC(C(=O)N[C@H](CN(C)[C@H](/C=C(\C)C(=O)O)C(C)C)C(C)(C)C)C(C)(C)c1ccc(CNC(=O)OCc2ccc(NC(=O)[C@H](CCCNC(N)=O)NC(=O)[C@@H](NC(=O)CCC(=O)N3Cc4ccccc4C#Cc4ccccc43)C(C)C)cc2)cc1. The fourth-order valence-corrected chi connectivity index (χ4v) is 10.1. The predicted molar refractivity (Wildman–Crippen MR) is 333 cm³/mol. The quantitative estimate of drug-likeness (QED) is 0.0155. The molecule has 462 valence electrons. The maximum Gasteiger partial charge on any atom is 0.407 e. The Hall–Kier alpha value is -8.54. The number of alkyl carbamates (subject to hydrolysis) is 1. The molecule has 1 unspecified atom stereocenters. The monoisotopic (exact) mass is 1180 g/mol. The van der Waals surface area contributed by atoms with Crippen LogP contribution < -0.4 is 47.9 Å². The first kappa shape index (κ1) is 68.2. The minimum atomic E-state index is -1.10. The zero-order valence-corrected chi connectivity index (χ0v) is 51.8. The van der Waals surface area contributed by atoms with Gasteiger partial charge >= 0.3 is 18.1 Å². The molecule has 20 nitrogen and oxygen atoms in total. The van der Waals surface area contributed by atoms with Gasteiger partial charge in [-0.25, -0.2) is 14.4 Å². The molecule has 0 fully saturated rings. The maximum atomic E-state index is 14.1. The average molecular weight is 1180 g/mol. The molecule has 20 heteroatoms. The first-order chi connectivity index (χ1) is 40.6. The number of hydrogen-bond donors (Lipinski definition) is 9. The molecule has 4 aromatic rings. The van der Waals surface area contributed by atoms with Crippen molar-refractivity contribution in [3.63, 3.8) is 0 Å². The van der Waals surface area contributed by atoms with Crippen LogP contribution in [0.15, 0.2) is 109 Å². The molecular weight excluding hydrogens is 1090 g/mol. The van der Waals surface area contributed by atoms with Gasteiger partial charge in [0.15, 0.2) is 0 Å². The van der Waals surface area contributed by atoms with E-state index in [0.29, 0.717) is 29.0 Å². The summed E-state index contributed by atoms with van der Waals surface area (Å²) in [6.45, 7) is 20.3. The van der Waals surface area contributed by atoms with E-state index in [1.165, 1.54) is 0 Å². The van der Waals surface area contributed by atoms with Crippen molar-refractivity contribution in [2.75, 3.05) is 37.4 Å². The molecule has 0 aromatic heterocycles. The molecule has 5 atom stereocenters. The van der Waals surface area contributed by atoms with E-state index in [2.05, 4.69) is 74.7 Å². The number of para-hydroxylation sites is 1. The second-order valence-corrected chi connectivity index (χ2v) is 24.2. The average Bonchev–Trinajstić information content (AvgIpc) is 1.86. The number of ether oxygens (including phenoxy) is 1. The van der Waals surface area contributed by atoms with Gasteiger partial charge < -0.3 is 57.7 Å². The third kappa shape index (κ3) is 20.0. The molecule has 1 aliphatic heterocycles. The van der Waals surface area contributed by atoms with E-state index in [4.69, 9.17) is 10.5 Å². The fourth-order valence-electron chi connectivity index (χ4n) is 10.1. The van der Waals surface area contributed by atoms with Crippen molar-refractivity contribution in [3.8, 4) is 11.8 Å². The van der Waals surface area contributed by atoms with Gasteiger partial charge in [0.05, 0.1) is 18.3 Å². The van der Waals surface area contributed by atoms with Crippen molar-refractivity contribution in [1.82, 2.24) is 36.8 Å². The van der Waals surface area contributed by atoms with Crippen molar-refractivity contribution in [2.45, 2.75) is 150 Å². The number of carboxylic acids is 1. The van der Waals surface area contributed by atoms with Crippen LogP contribution in [0.4, 0.5) is 21.0 Å². The Kier molecular flexibility index (Phi) is 25.0. The zero-order chi connectivity index (χ0) is 63.5. The minimum absolute atomic E-state index is 0.0787. The summed E-state index contributed by atoms with van der Waals surface area (Å²) in [6, 6.07) is 25.2. The van der Waals surface area contributed by atoms with Crippen LogP contribution in [0.1, 0.15) is 128 Å². The summed E-state index contributed by atoms with van der Waals surface area (Å²) in [5, 5.41) is 29.7. The molecular formula is C66H88N10O10. The molecule has 1 heterocycles. The molecule has 0 spiro atoms. The van der Waals surface area contributed by atoms with E-state index in [0.717, 1.165) is 22.3 Å². The first-order valence-electron chi connectivity index (χ1n) is 29.2. The van der Waals surface area contributed by atoms with Gasteiger partial charge in [0, 0.05) is 72.4 Å². The number of hydrogen-bond acceptors (Lipinski definition) is 11. The van der Waals surface area contributed by atoms with Gasteiger partial charge in [-0.3, -0.25) is 28.9 Å². The molecule has 0 bridgehead atoms. The van der Waals surface area contributed by atoms with E-state index >= 15 is 0 Å². The number of rotatable bonds is 28. The van der Waals surface area contributed by atoms with Gasteiger partial charge in [-0.1, -0.05) is 147 Å². The van der Waals surface area contributed by atoms with E-state index in [1.807, 2.05) is 108 Å². The number of nitrogens with one attached hydrogen (secondary N) is 7. The Bertz CT molecular complexity index is 3120. The molecule has 8 amide bonds. The second-order valence-electron chi connectivity index (χ2n) is 24.2. The number of fused-ring (bicyclic) bond motifs is 2. The maximum absolute atomic E-state index is 14.1. The number of nitrogens with two attached hydrogens (primary N) is 1. The molecule has 10 N–H and O–H groups in total. The van der Waals surface area contributed by atoms with Crippen LogP contribution >= 0.6 is 0 Å². The predicted octanol–water partition coefficient (Wildman–Crippen LogP) is 7.24. The van der Waals surface area contributed by atoms with Gasteiger partial charge in [-0.05, 0) is 104 Å². The molecule has 1 aliphatic rings. The Morgan fingerprint density at radius 2 is 1.38 bits per heavy atom. The number of carbonyl (C=O) groups is 8. The lowest BCUT2D eigenvalue weighted by molar-refractivity contribution is -0.132. The number of nitrogens with zero attached hydrogens (tertiary/aromatic N) is 2. The number of likely N-dealkylation sites (N-methyl/N-ethyl adjacent to an activating group) is 2. The third-order valence-electron chi connectivity index (χ3n) is 15.4. The Labute approximate surface area is 506 Å². The van der Waals surface area contributed by atoms with Crippen LogP contribution in [0.25, 0.3) is 0 Å². The number of amides is 8. The number of primary amides is 1. The van der Waals surface area contributed by atoms with Gasteiger partial charge in [0.25, 0.3) is 0 Å². The van der Waals surface area contributed by atoms with Gasteiger partial charge in [-0.15, -0.1) is 0 Å². The van der Waals surface area contributed by atoms with Gasteiger partial charge in [0.2, 0.25) is 29.5 Å². The molecule has 0 saturated carbocycles. The van der Waals surface area contributed by atoms with Crippen LogP contribution in [-0.2, 0) is 58.6 Å². The number of benzene rings is 4. The Morgan fingerprint density at radius 3 is 2.00 bits per heavy atom. The topological polar surface area (TPSA) is 283 Å². The number of carboxylic acid groups (broad SMARTS) is 1. The molecule has 5 rings (SSSR count). The lowest BCUT2D eigenvalue weighted by Crippen LogP contribution is -2.59. The summed E-state index contributed by atoms with van der Waals surface area (Å²) in [7, 11) is 3.70. The Morgan fingerprint density at radius 1 is 0.756 bits per heavy atom. The summed E-state index contributed by atoms with van der Waals surface area (Å²) in [5.74, 6) is 2.95. The van der Waals surface area contributed by atoms with Crippen LogP contribution in [0.3, 0.4) is 0 Å². The number of urea groups is 1. The van der Waals surface area contributed by atoms with Crippen molar-refractivity contribution in [2.24, 2.45) is 23.0 Å². The smallest absolute Gasteiger partial charge is 0.407 e. The van der Waals surface area contributed by atoms with E-state index in [-0.39, 0.29) is 92.7 Å². The summed E-state index contributed by atoms with van der Waals surface area (Å²) >= 11 is 0. The van der Waals surface area contributed by atoms with Crippen LogP contribution in [-0.4, -0.2) is 115 Å². The highest BCUT2D eigenvalue weighted by Gasteiger charge is 2.39. The van der Waals surface area contributed by atoms with Crippen LogP contribution in [0.2, 0.25) is 0 Å². The highest BCUT2D eigenvalue weighted by molar-refractivity contribution is 6.00. The van der Waals surface area contributed by atoms with Crippen LogP contribution in [0, 0.1) is 29.1 Å². The third-order valence-corrected chi connectivity index (χ3v) is 15.4. The van der Waals surface area contributed by atoms with E-state index in [1.54, 1.807) is 63.1 Å². The number of aliphatic carboxylic acids is 1. The molecule has 86 heavy (non-hydrogen) atoms. The molecule has 0 aliphatic carbocycles. The number of anilines is 2. The first-order valence-corrected chi connectivity index (χ1v) is 29.2. The summed E-state index contributed by atoms with van der Waals surface area (Å²) in [6.07, 6.45) is 1.14. The van der Waals surface area contributed by atoms with Crippen molar-refractivity contribution >= 4 is 59.0 Å². The second kappa shape index (κ2) is 31.6. The molecule has 0 radical (unpaired) electrons. The highest BCUT2D eigenvalue weighted by atomic mass is 16.5. The summed E-state index contributed by atoms with van der Waals surface area (Å²) in [4.78, 5) is 109. The fraction of sp³-hybridized carbons (Fsp3) is 0.455. The van der Waals surface area contributed by atoms with E-state index < -0.39 is 65.3 Å². The van der Waals surface area contributed by atoms with Crippen molar-refractivity contribution < 1.29 is 48.2 Å². The molecule has 4 aromatic carbocycles. The minimum Gasteiger partial charge on any atom is -0.478 e. The van der Waals surface area contributed by atoms with Crippen molar-refractivity contribution in [1.29, 1.82) is 0 Å². The lowest BCUT2D eigenvalue weighted by atomic mass is 9.76. The normalized spacial score (nSPS) is 14.1. The Balaban J connectivity index is 1.13.